The zero-order valence-corrected chi connectivity index (χ0v) is 7.78. The van der Waals surface area contributed by atoms with E-state index in [0.29, 0.717) is 12.8 Å². The second-order valence-electron chi connectivity index (χ2n) is 2.59. The number of esters is 1. The Morgan fingerprint density at radius 3 is 2.69 bits per heavy atom. The third-order valence-corrected chi connectivity index (χ3v) is 1.35. The summed E-state index contributed by atoms with van der Waals surface area (Å²) in [7, 11) is 0. The summed E-state index contributed by atoms with van der Waals surface area (Å²) in [5.74, 6) is -0.620. The highest BCUT2D eigenvalue weighted by molar-refractivity contribution is 5.87. The molecule has 0 atom stereocenters. The molecular formula is C8H13NO4. The zero-order valence-electron chi connectivity index (χ0n) is 7.78. The van der Waals surface area contributed by atoms with Gasteiger partial charge in [0.25, 0.3) is 0 Å². The van der Waals surface area contributed by atoms with Gasteiger partial charge < -0.3 is 4.74 Å². The Bertz CT molecular complexity index is 222. The van der Waals surface area contributed by atoms with E-state index in [1.165, 1.54) is 6.92 Å². The van der Waals surface area contributed by atoms with Crippen LogP contribution in [0.1, 0.15) is 26.7 Å². The van der Waals surface area contributed by atoms with Crippen molar-refractivity contribution < 1.29 is 14.5 Å². The fraction of sp³-hybridized carbons (Fsp3) is 0.625. The maximum absolute atomic E-state index is 11.0. The van der Waals surface area contributed by atoms with Gasteiger partial charge in [-0.1, -0.05) is 13.3 Å². The molecule has 0 aliphatic carbocycles. The Balaban J connectivity index is 3.90. The molecule has 0 aliphatic heterocycles. The summed E-state index contributed by atoms with van der Waals surface area (Å²) in [4.78, 5) is 20.3. The first-order valence-electron chi connectivity index (χ1n) is 4.07. The molecule has 0 unspecified atom stereocenters. The molecule has 0 saturated carbocycles. The number of hydrogen-bond donors (Lipinski definition) is 0. The lowest BCUT2D eigenvalue weighted by molar-refractivity contribution is -0.403. The summed E-state index contributed by atoms with van der Waals surface area (Å²) >= 11 is 0. The standard InChI is InChI=1S/C8H13NO4/c1-3-4-5-13-8(10)7(2)6-9(11)12/h6H,3-5H2,1-2H3/b7-6+. The molecule has 0 aliphatic rings. The van der Waals surface area contributed by atoms with Gasteiger partial charge in [0.05, 0.1) is 11.5 Å². The first-order chi connectivity index (χ1) is 6.07. The van der Waals surface area contributed by atoms with E-state index in [1.807, 2.05) is 6.92 Å². The molecule has 0 amide bonds. The van der Waals surface area contributed by atoms with Gasteiger partial charge in [0.15, 0.2) is 0 Å². The Morgan fingerprint density at radius 1 is 1.62 bits per heavy atom. The second kappa shape index (κ2) is 6.16. The lowest BCUT2D eigenvalue weighted by Gasteiger charge is -2.01. The van der Waals surface area contributed by atoms with Crippen LogP contribution in [0.4, 0.5) is 0 Å². The number of ether oxygens (including phenoxy) is 1. The molecular weight excluding hydrogens is 174 g/mol. The topological polar surface area (TPSA) is 69.4 Å². The van der Waals surface area contributed by atoms with Gasteiger partial charge >= 0.3 is 5.97 Å². The number of nitro groups is 1. The molecule has 0 fully saturated rings. The van der Waals surface area contributed by atoms with Crippen molar-refractivity contribution in [3.8, 4) is 0 Å². The van der Waals surface area contributed by atoms with Crippen LogP contribution in [0.25, 0.3) is 0 Å². The molecule has 0 radical (unpaired) electrons. The van der Waals surface area contributed by atoms with Crippen molar-refractivity contribution in [2.75, 3.05) is 6.61 Å². The predicted molar refractivity (Wildman–Crippen MR) is 46.6 cm³/mol. The van der Waals surface area contributed by atoms with Crippen LogP contribution in [0.3, 0.4) is 0 Å². The lowest BCUT2D eigenvalue weighted by atomic mass is 10.3. The summed E-state index contributed by atoms with van der Waals surface area (Å²) in [6, 6.07) is 0. The number of unbranched alkanes of at least 4 members (excludes halogenated alkanes) is 1. The van der Waals surface area contributed by atoms with Crippen LogP contribution in [0.2, 0.25) is 0 Å². The number of carbonyl (C=O) groups excluding carboxylic acids is 1. The number of nitrogens with zero attached hydrogens (tertiary/aromatic N) is 1. The van der Waals surface area contributed by atoms with Crippen LogP contribution in [-0.2, 0) is 9.53 Å². The average molecular weight is 187 g/mol. The largest absolute Gasteiger partial charge is 0.462 e. The van der Waals surface area contributed by atoms with E-state index in [-0.39, 0.29) is 5.57 Å². The molecule has 5 nitrogen and oxygen atoms in total. The molecule has 0 bridgehead atoms. The van der Waals surface area contributed by atoms with Crippen LogP contribution in [0.15, 0.2) is 11.8 Å². The van der Waals surface area contributed by atoms with Gasteiger partial charge in [-0.3, -0.25) is 10.1 Å². The highest BCUT2D eigenvalue weighted by Crippen LogP contribution is 1.98. The van der Waals surface area contributed by atoms with Crippen molar-refractivity contribution in [3.63, 3.8) is 0 Å². The van der Waals surface area contributed by atoms with E-state index in [2.05, 4.69) is 0 Å². The summed E-state index contributed by atoms with van der Waals surface area (Å²) in [6.45, 7) is 3.64. The number of hydrogen-bond acceptors (Lipinski definition) is 4. The van der Waals surface area contributed by atoms with Crippen LogP contribution in [0, 0.1) is 10.1 Å². The molecule has 0 saturated heterocycles. The minimum absolute atomic E-state index is 0.0149. The molecule has 74 valence electrons. The predicted octanol–water partition coefficient (Wildman–Crippen LogP) is 1.51. The van der Waals surface area contributed by atoms with E-state index in [1.54, 1.807) is 0 Å². The van der Waals surface area contributed by atoms with Gasteiger partial charge in [-0.25, -0.2) is 4.79 Å². The minimum atomic E-state index is -0.670. The molecule has 0 rings (SSSR count). The number of carbonyl (C=O) groups is 1. The van der Waals surface area contributed by atoms with Gasteiger partial charge in [-0.15, -0.1) is 0 Å². The van der Waals surface area contributed by atoms with Gasteiger partial charge in [0.2, 0.25) is 6.20 Å². The molecule has 0 aromatic rings. The monoisotopic (exact) mass is 187 g/mol. The van der Waals surface area contributed by atoms with Crippen molar-refractivity contribution in [3.05, 3.63) is 21.9 Å². The molecule has 0 aromatic heterocycles. The van der Waals surface area contributed by atoms with E-state index < -0.39 is 10.9 Å². The maximum atomic E-state index is 11.0. The molecule has 5 heteroatoms. The highest BCUT2D eigenvalue weighted by atomic mass is 16.6. The van der Waals surface area contributed by atoms with E-state index in [0.717, 1.165) is 12.8 Å². The summed E-state index contributed by atoms with van der Waals surface area (Å²) in [5.41, 5.74) is 0.0149. The van der Waals surface area contributed by atoms with E-state index in [9.17, 15) is 14.9 Å². The normalized spacial score (nSPS) is 11.1. The van der Waals surface area contributed by atoms with Crippen molar-refractivity contribution in [2.24, 2.45) is 0 Å². The first kappa shape index (κ1) is 11.6. The lowest BCUT2D eigenvalue weighted by Crippen LogP contribution is -2.08. The van der Waals surface area contributed by atoms with Gasteiger partial charge in [0.1, 0.15) is 5.57 Å². The molecule has 13 heavy (non-hydrogen) atoms. The summed E-state index contributed by atoms with van der Waals surface area (Å²) < 4.78 is 4.73. The minimum Gasteiger partial charge on any atom is -0.462 e. The first-order valence-corrected chi connectivity index (χ1v) is 4.07. The SMILES string of the molecule is CCCCOC(=O)/C(C)=C/[N+](=O)[O-]. The fourth-order valence-corrected chi connectivity index (χ4v) is 0.634. The quantitative estimate of drug-likeness (QED) is 0.215. The fourth-order valence-electron chi connectivity index (χ4n) is 0.634. The highest BCUT2D eigenvalue weighted by Gasteiger charge is 2.08. The molecule has 0 N–H and O–H groups in total. The second-order valence-corrected chi connectivity index (χ2v) is 2.59. The van der Waals surface area contributed by atoms with E-state index >= 15 is 0 Å². The summed E-state index contributed by atoms with van der Waals surface area (Å²) in [6.07, 6.45) is 2.34. The van der Waals surface area contributed by atoms with Crippen molar-refractivity contribution in [1.82, 2.24) is 0 Å². The molecule has 0 aromatic carbocycles. The van der Waals surface area contributed by atoms with Crippen LogP contribution in [0.5, 0.6) is 0 Å². The Hall–Kier alpha value is -1.39. The van der Waals surface area contributed by atoms with Crippen LogP contribution >= 0.6 is 0 Å². The molecule has 0 heterocycles. The molecule has 0 spiro atoms. The van der Waals surface area contributed by atoms with Gasteiger partial charge in [0, 0.05) is 0 Å². The van der Waals surface area contributed by atoms with Crippen LogP contribution < -0.4 is 0 Å². The number of rotatable bonds is 5. The zero-order chi connectivity index (χ0) is 10.3. The third kappa shape index (κ3) is 5.84. The Kier molecular flexibility index (Phi) is 5.50. The van der Waals surface area contributed by atoms with Crippen molar-refractivity contribution in [1.29, 1.82) is 0 Å². The smallest absolute Gasteiger partial charge is 0.340 e. The Morgan fingerprint density at radius 2 is 2.23 bits per heavy atom. The summed E-state index contributed by atoms with van der Waals surface area (Å²) in [5, 5.41) is 9.97. The third-order valence-electron chi connectivity index (χ3n) is 1.35. The van der Waals surface area contributed by atoms with Crippen molar-refractivity contribution in [2.45, 2.75) is 26.7 Å². The van der Waals surface area contributed by atoms with Crippen LogP contribution in [-0.4, -0.2) is 17.5 Å². The Labute approximate surface area is 76.5 Å². The average Bonchev–Trinajstić information content (AvgIpc) is 2.03. The van der Waals surface area contributed by atoms with Gasteiger partial charge in [-0.2, -0.15) is 0 Å². The van der Waals surface area contributed by atoms with Gasteiger partial charge in [-0.05, 0) is 13.3 Å². The van der Waals surface area contributed by atoms with Crippen molar-refractivity contribution >= 4 is 5.97 Å². The van der Waals surface area contributed by atoms with E-state index in [4.69, 9.17) is 4.74 Å². The maximum Gasteiger partial charge on any atom is 0.340 e.